The molecule has 0 aliphatic rings. The van der Waals surface area contributed by atoms with E-state index in [-0.39, 0.29) is 0 Å². The van der Waals surface area contributed by atoms with Crippen LogP contribution in [0.25, 0.3) is 0 Å². The number of hydrogen-bond donors (Lipinski definition) is 0. The number of hydrogen-bond acceptors (Lipinski definition) is 3. The Labute approximate surface area is 146 Å². The Hall–Kier alpha value is -1.81. The predicted octanol–water partition coefficient (Wildman–Crippen LogP) is 5.20. The van der Waals surface area contributed by atoms with E-state index in [0.29, 0.717) is 0 Å². The average molecular weight is 379 g/mol. The lowest BCUT2D eigenvalue weighted by atomic mass is 10.0. The van der Waals surface area contributed by atoms with Gasteiger partial charge in [0.2, 0.25) is 0 Å². The smallest absolute Gasteiger partial charge is 0.150 e. The molecule has 0 bridgehead atoms. The van der Waals surface area contributed by atoms with Gasteiger partial charge in [-0.3, -0.25) is 4.79 Å². The minimum Gasteiger partial charge on any atom is -0.496 e. The molecule has 124 valence electrons. The molecule has 2 aromatic rings. The molecule has 3 nitrogen and oxygen atoms in total. The van der Waals surface area contributed by atoms with Crippen molar-refractivity contribution in [3.63, 3.8) is 0 Å². The number of aldehydes is 1. The highest BCUT2D eigenvalue weighted by Gasteiger charge is 2.04. The maximum atomic E-state index is 10.5. The van der Waals surface area contributed by atoms with Crippen molar-refractivity contribution in [3.05, 3.63) is 56.6 Å². The first-order chi connectivity index (χ1) is 10.8. The molecule has 0 unspecified atom stereocenters. The van der Waals surface area contributed by atoms with Gasteiger partial charge in [-0.2, -0.15) is 0 Å². The minimum atomic E-state index is 0.730. The van der Waals surface area contributed by atoms with E-state index in [2.05, 4.69) is 15.9 Å². The van der Waals surface area contributed by atoms with Crippen molar-refractivity contribution in [2.45, 2.75) is 27.7 Å². The summed E-state index contributed by atoms with van der Waals surface area (Å²) in [6, 6.07) is 7.68. The Morgan fingerprint density at radius 1 is 0.913 bits per heavy atom. The van der Waals surface area contributed by atoms with Gasteiger partial charge in [0.05, 0.1) is 14.2 Å². The van der Waals surface area contributed by atoms with Gasteiger partial charge in [-0.05, 0) is 74.2 Å². The van der Waals surface area contributed by atoms with Crippen molar-refractivity contribution in [2.24, 2.45) is 0 Å². The van der Waals surface area contributed by atoms with Crippen molar-refractivity contribution in [3.8, 4) is 11.5 Å². The van der Waals surface area contributed by atoms with Crippen LogP contribution in [-0.4, -0.2) is 20.5 Å². The summed E-state index contributed by atoms with van der Waals surface area (Å²) >= 11 is 3.42. The lowest BCUT2D eigenvalue weighted by molar-refractivity contribution is 0.112. The van der Waals surface area contributed by atoms with Gasteiger partial charge in [-0.25, -0.2) is 0 Å². The molecular formula is C19H23BrO3. The van der Waals surface area contributed by atoms with Gasteiger partial charge in [0, 0.05) is 10.0 Å². The van der Waals surface area contributed by atoms with E-state index < -0.39 is 0 Å². The van der Waals surface area contributed by atoms with E-state index in [0.717, 1.165) is 38.9 Å². The average Bonchev–Trinajstić information content (AvgIpc) is 2.50. The molecule has 0 atom stereocenters. The molecule has 0 aliphatic heterocycles. The highest BCUT2D eigenvalue weighted by molar-refractivity contribution is 9.10. The molecule has 2 rings (SSSR count). The van der Waals surface area contributed by atoms with E-state index in [4.69, 9.17) is 9.47 Å². The lowest BCUT2D eigenvalue weighted by Crippen LogP contribution is -1.94. The number of carbonyl (C=O) groups is 1. The first-order valence-corrected chi connectivity index (χ1v) is 8.05. The molecule has 0 spiro atoms. The van der Waals surface area contributed by atoms with Crippen LogP contribution in [0, 0.1) is 27.7 Å². The monoisotopic (exact) mass is 378 g/mol. The highest BCUT2D eigenvalue weighted by Crippen LogP contribution is 2.26. The van der Waals surface area contributed by atoms with Crippen LogP contribution in [0.3, 0.4) is 0 Å². The number of ether oxygens (including phenoxy) is 2. The van der Waals surface area contributed by atoms with E-state index in [1.165, 1.54) is 11.1 Å². The molecule has 2 aromatic carbocycles. The standard InChI is InChI=1S/C10H12O2.C9H11BrO/c1-7-8(2)10(12-3)5-4-9(7)6-11;1-6-4-8(10)5-7(2)9(6)11-3/h4-6H,1-3H3;4-5H,1-3H3. The summed E-state index contributed by atoms with van der Waals surface area (Å²) in [6.45, 7) is 7.94. The summed E-state index contributed by atoms with van der Waals surface area (Å²) in [7, 11) is 3.32. The molecule has 0 heterocycles. The van der Waals surface area contributed by atoms with Gasteiger partial charge in [0.25, 0.3) is 0 Å². The minimum absolute atomic E-state index is 0.730. The van der Waals surface area contributed by atoms with Crippen LogP contribution in [0.4, 0.5) is 0 Å². The van der Waals surface area contributed by atoms with Gasteiger partial charge in [-0.15, -0.1) is 0 Å². The SMILES string of the molecule is COc1c(C)cc(Br)cc1C.COc1ccc(C=O)c(C)c1C. The maximum absolute atomic E-state index is 10.5. The molecule has 23 heavy (non-hydrogen) atoms. The van der Waals surface area contributed by atoms with Gasteiger partial charge >= 0.3 is 0 Å². The zero-order chi connectivity index (χ0) is 17.6. The number of rotatable bonds is 3. The van der Waals surface area contributed by atoms with Crippen LogP contribution in [0.5, 0.6) is 11.5 Å². The fourth-order valence-electron chi connectivity index (χ4n) is 2.38. The second-order valence-corrected chi connectivity index (χ2v) is 6.21. The van der Waals surface area contributed by atoms with E-state index >= 15 is 0 Å². The van der Waals surface area contributed by atoms with Crippen LogP contribution in [-0.2, 0) is 0 Å². The van der Waals surface area contributed by atoms with Crippen LogP contribution in [0.15, 0.2) is 28.7 Å². The summed E-state index contributed by atoms with van der Waals surface area (Å²) in [5.41, 5.74) is 5.08. The van der Waals surface area contributed by atoms with Crippen LogP contribution in [0.1, 0.15) is 32.6 Å². The molecule has 0 aromatic heterocycles. The largest absolute Gasteiger partial charge is 0.496 e. The fraction of sp³-hybridized carbons (Fsp3) is 0.316. The number of benzene rings is 2. The maximum Gasteiger partial charge on any atom is 0.150 e. The van der Waals surface area contributed by atoms with Crippen molar-refractivity contribution in [1.29, 1.82) is 0 Å². The summed E-state index contributed by atoms with van der Waals surface area (Å²) in [4.78, 5) is 10.5. The molecule has 0 radical (unpaired) electrons. The van der Waals surface area contributed by atoms with Crippen molar-refractivity contribution in [1.82, 2.24) is 0 Å². The first kappa shape index (κ1) is 19.2. The van der Waals surface area contributed by atoms with Gasteiger partial charge in [0.1, 0.15) is 17.8 Å². The molecule has 0 fully saturated rings. The van der Waals surface area contributed by atoms with Crippen molar-refractivity contribution < 1.29 is 14.3 Å². The third-order valence-electron chi connectivity index (χ3n) is 3.76. The zero-order valence-corrected chi connectivity index (χ0v) is 16.1. The normalized spacial score (nSPS) is 9.70. The summed E-state index contributed by atoms with van der Waals surface area (Å²) in [5.74, 6) is 1.81. The molecule has 0 amide bonds. The van der Waals surface area contributed by atoms with E-state index in [1.807, 2.05) is 45.9 Å². The Bertz CT molecular complexity index is 670. The molecule has 4 heteroatoms. The Kier molecular flexibility index (Phi) is 7.30. The number of methoxy groups -OCH3 is 2. The van der Waals surface area contributed by atoms with E-state index in [9.17, 15) is 4.79 Å². The van der Waals surface area contributed by atoms with E-state index in [1.54, 1.807) is 20.3 Å². The van der Waals surface area contributed by atoms with Gasteiger partial charge < -0.3 is 9.47 Å². The lowest BCUT2D eigenvalue weighted by Gasteiger charge is -2.08. The Balaban J connectivity index is 0.000000231. The summed E-state index contributed by atoms with van der Waals surface area (Å²) < 4.78 is 11.4. The predicted molar refractivity (Wildman–Crippen MR) is 98.0 cm³/mol. The molecule has 0 aliphatic carbocycles. The second kappa shape index (κ2) is 8.73. The van der Waals surface area contributed by atoms with Crippen molar-refractivity contribution in [2.75, 3.05) is 14.2 Å². The topological polar surface area (TPSA) is 35.5 Å². The number of aryl methyl sites for hydroxylation is 2. The summed E-state index contributed by atoms with van der Waals surface area (Å²) in [5, 5.41) is 0. The third kappa shape index (κ3) is 4.83. The number of carbonyl (C=O) groups excluding carboxylic acids is 1. The highest BCUT2D eigenvalue weighted by atomic mass is 79.9. The molecule has 0 saturated carbocycles. The Morgan fingerprint density at radius 3 is 1.91 bits per heavy atom. The molecule has 0 N–H and O–H groups in total. The zero-order valence-electron chi connectivity index (χ0n) is 14.5. The van der Waals surface area contributed by atoms with Crippen LogP contribution in [0.2, 0.25) is 0 Å². The van der Waals surface area contributed by atoms with Gasteiger partial charge in [-0.1, -0.05) is 15.9 Å². The van der Waals surface area contributed by atoms with Crippen LogP contribution >= 0.6 is 15.9 Å². The summed E-state index contributed by atoms with van der Waals surface area (Å²) in [6.07, 6.45) is 0.863. The Morgan fingerprint density at radius 2 is 1.48 bits per heavy atom. The molecular weight excluding hydrogens is 356 g/mol. The van der Waals surface area contributed by atoms with Gasteiger partial charge in [0.15, 0.2) is 0 Å². The fourth-order valence-corrected chi connectivity index (χ4v) is 3.07. The first-order valence-electron chi connectivity index (χ1n) is 7.25. The van der Waals surface area contributed by atoms with Crippen LogP contribution < -0.4 is 9.47 Å². The molecule has 0 saturated heterocycles. The quantitative estimate of drug-likeness (QED) is 0.688. The number of halogens is 1. The second-order valence-electron chi connectivity index (χ2n) is 5.30. The van der Waals surface area contributed by atoms with Crippen molar-refractivity contribution >= 4 is 22.2 Å². The third-order valence-corrected chi connectivity index (χ3v) is 4.21.